The first kappa shape index (κ1) is 17.5. The van der Waals surface area contributed by atoms with Crippen LogP contribution in [0.15, 0.2) is 0 Å². The molecule has 1 heterocycles. The smallest absolute Gasteiger partial charge is 0.242 e. The van der Waals surface area contributed by atoms with Crippen molar-refractivity contribution in [1.82, 2.24) is 14.9 Å². The molecule has 0 saturated heterocycles. The van der Waals surface area contributed by atoms with Crippen molar-refractivity contribution in [2.24, 2.45) is 0 Å². The van der Waals surface area contributed by atoms with Crippen LogP contribution in [0.2, 0.25) is 0 Å². The van der Waals surface area contributed by atoms with Gasteiger partial charge in [0.1, 0.15) is 11.5 Å². The molecule has 1 aromatic rings. The summed E-state index contributed by atoms with van der Waals surface area (Å²) < 4.78 is 5.26. The van der Waals surface area contributed by atoms with Crippen molar-refractivity contribution in [2.75, 3.05) is 44.3 Å². The second-order valence-corrected chi connectivity index (χ2v) is 6.02. The Hall–Kier alpha value is -1.56. The monoisotopic (exact) mass is 295 g/mol. The minimum absolute atomic E-state index is 0.156. The number of likely N-dealkylation sites (N-methyl/N-ethyl adjacent to an activating group) is 1. The summed E-state index contributed by atoms with van der Waals surface area (Å²) in [5.41, 5.74) is 6.37. The van der Waals surface area contributed by atoms with Crippen LogP contribution in [0.1, 0.15) is 40.4 Å². The van der Waals surface area contributed by atoms with Crippen molar-refractivity contribution in [3.63, 3.8) is 0 Å². The van der Waals surface area contributed by atoms with Gasteiger partial charge in [-0.3, -0.25) is 0 Å². The summed E-state index contributed by atoms with van der Waals surface area (Å²) in [7, 11) is 1.57. The highest BCUT2D eigenvalue weighted by atomic mass is 16.5. The SMILES string of the molecule is CCN(CC)CCNc1nc(C(C)(C)C)nc(OC)c1N. The molecule has 0 amide bonds. The Morgan fingerprint density at radius 3 is 2.29 bits per heavy atom. The fourth-order valence-electron chi connectivity index (χ4n) is 1.95. The summed E-state index contributed by atoms with van der Waals surface area (Å²) in [6, 6.07) is 0. The molecule has 0 aromatic carbocycles. The quantitative estimate of drug-likeness (QED) is 0.802. The van der Waals surface area contributed by atoms with Crippen molar-refractivity contribution >= 4 is 11.5 Å². The van der Waals surface area contributed by atoms with Gasteiger partial charge in [0.25, 0.3) is 0 Å². The molecule has 120 valence electrons. The predicted octanol–water partition coefficient (Wildman–Crippen LogP) is 2.12. The fourth-order valence-corrected chi connectivity index (χ4v) is 1.95. The first-order valence-electron chi connectivity index (χ1n) is 7.51. The first-order chi connectivity index (χ1) is 9.83. The largest absolute Gasteiger partial charge is 0.479 e. The lowest BCUT2D eigenvalue weighted by atomic mass is 9.96. The van der Waals surface area contributed by atoms with E-state index in [4.69, 9.17) is 10.5 Å². The molecule has 21 heavy (non-hydrogen) atoms. The number of nitrogens with two attached hydrogens (primary N) is 1. The van der Waals surface area contributed by atoms with Gasteiger partial charge in [-0.1, -0.05) is 34.6 Å². The van der Waals surface area contributed by atoms with E-state index < -0.39 is 0 Å². The van der Waals surface area contributed by atoms with Gasteiger partial charge in [0, 0.05) is 18.5 Å². The van der Waals surface area contributed by atoms with Crippen LogP contribution in [0.25, 0.3) is 0 Å². The van der Waals surface area contributed by atoms with Crippen LogP contribution in [-0.2, 0) is 5.41 Å². The number of anilines is 2. The molecule has 0 fully saturated rings. The highest BCUT2D eigenvalue weighted by Gasteiger charge is 2.22. The van der Waals surface area contributed by atoms with Crippen molar-refractivity contribution in [2.45, 2.75) is 40.0 Å². The van der Waals surface area contributed by atoms with Gasteiger partial charge < -0.3 is 20.7 Å². The molecular weight excluding hydrogens is 266 g/mol. The van der Waals surface area contributed by atoms with Gasteiger partial charge in [-0.05, 0) is 13.1 Å². The van der Waals surface area contributed by atoms with Crippen LogP contribution in [0.4, 0.5) is 11.5 Å². The third kappa shape index (κ3) is 4.74. The Morgan fingerprint density at radius 1 is 1.19 bits per heavy atom. The molecular formula is C15H29N5O. The number of nitrogen functional groups attached to an aromatic ring is 1. The first-order valence-corrected chi connectivity index (χ1v) is 7.51. The second-order valence-electron chi connectivity index (χ2n) is 6.02. The molecule has 0 unspecified atom stereocenters. The van der Waals surface area contributed by atoms with E-state index in [0.717, 1.165) is 32.0 Å². The third-order valence-electron chi connectivity index (χ3n) is 3.39. The molecule has 0 bridgehead atoms. The van der Waals surface area contributed by atoms with E-state index in [1.807, 2.05) is 0 Å². The molecule has 1 rings (SSSR count). The second kappa shape index (κ2) is 7.45. The minimum Gasteiger partial charge on any atom is -0.479 e. The Morgan fingerprint density at radius 2 is 1.81 bits per heavy atom. The third-order valence-corrected chi connectivity index (χ3v) is 3.39. The fraction of sp³-hybridized carbons (Fsp3) is 0.733. The van der Waals surface area contributed by atoms with E-state index in [9.17, 15) is 0 Å². The number of nitrogens with zero attached hydrogens (tertiary/aromatic N) is 3. The average molecular weight is 295 g/mol. The summed E-state index contributed by atoms with van der Waals surface area (Å²) in [6.45, 7) is 14.3. The Bertz CT molecular complexity index is 452. The molecule has 0 aliphatic rings. The van der Waals surface area contributed by atoms with E-state index in [1.165, 1.54) is 0 Å². The minimum atomic E-state index is -0.156. The summed E-state index contributed by atoms with van der Waals surface area (Å²) >= 11 is 0. The number of rotatable bonds is 7. The van der Waals surface area contributed by atoms with Gasteiger partial charge in [-0.25, -0.2) is 4.98 Å². The Kier molecular flexibility index (Phi) is 6.20. The number of aromatic nitrogens is 2. The lowest BCUT2D eigenvalue weighted by Crippen LogP contribution is -2.29. The van der Waals surface area contributed by atoms with E-state index in [1.54, 1.807) is 7.11 Å². The van der Waals surface area contributed by atoms with E-state index in [2.05, 4.69) is 54.8 Å². The van der Waals surface area contributed by atoms with Crippen LogP contribution in [-0.4, -0.2) is 48.2 Å². The molecule has 0 radical (unpaired) electrons. The zero-order valence-corrected chi connectivity index (χ0v) is 14.2. The average Bonchev–Trinajstić information content (AvgIpc) is 2.44. The summed E-state index contributed by atoms with van der Waals surface area (Å²) in [5.74, 6) is 1.80. The van der Waals surface area contributed by atoms with Gasteiger partial charge in [0.15, 0.2) is 5.82 Å². The molecule has 0 aliphatic heterocycles. The van der Waals surface area contributed by atoms with Gasteiger partial charge in [0.2, 0.25) is 5.88 Å². The predicted molar refractivity (Wildman–Crippen MR) is 88.0 cm³/mol. The normalized spacial score (nSPS) is 11.8. The van der Waals surface area contributed by atoms with E-state index in [0.29, 0.717) is 17.4 Å². The van der Waals surface area contributed by atoms with E-state index in [-0.39, 0.29) is 5.41 Å². The number of nitrogens with one attached hydrogen (secondary N) is 1. The molecule has 1 aromatic heterocycles. The molecule has 0 atom stereocenters. The van der Waals surface area contributed by atoms with Gasteiger partial charge >= 0.3 is 0 Å². The lowest BCUT2D eigenvalue weighted by Gasteiger charge is -2.21. The molecule has 0 aliphatic carbocycles. The number of methoxy groups -OCH3 is 1. The zero-order chi connectivity index (χ0) is 16.0. The van der Waals surface area contributed by atoms with Crippen molar-refractivity contribution in [3.8, 4) is 5.88 Å². The van der Waals surface area contributed by atoms with Crippen LogP contribution in [0, 0.1) is 0 Å². The topological polar surface area (TPSA) is 76.3 Å². The molecule has 6 nitrogen and oxygen atoms in total. The van der Waals surface area contributed by atoms with Crippen molar-refractivity contribution in [3.05, 3.63) is 5.82 Å². The van der Waals surface area contributed by atoms with Gasteiger partial charge in [0.05, 0.1) is 7.11 Å². The van der Waals surface area contributed by atoms with Crippen LogP contribution in [0.5, 0.6) is 5.88 Å². The van der Waals surface area contributed by atoms with Crippen LogP contribution in [0.3, 0.4) is 0 Å². The lowest BCUT2D eigenvalue weighted by molar-refractivity contribution is 0.316. The van der Waals surface area contributed by atoms with Crippen molar-refractivity contribution < 1.29 is 4.74 Å². The molecule has 0 saturated carbocycles. The summed E-state index contributed by atoms with van der Waals surface area (Å²) in [5, 5.41) is 3.30. The Labute approximate surface area is 128 Å². The van der Waals surface area contributed by atoms with E-state index >= 15 is 0 Å². The molecule has 3 N–H and O–H groups in total. The number of hydrogen-bond acceptors (Lipinski definition) is 6. The summed E-state index contributed by atoms with van der Waals surface area (Å²) in [6.07, 6.45) is 0. The van der Waals surface area contributed by atoms with Crippen LogP contribution < -0.4 is 15.8 Å². The number of hydrogen-bond donors (Lipinski definition) is 2. The number of ether oxygens (including phenoxy) is 1. The zero-order valence-electron chi connectivity index (χ0n) is 14.2. The highest BCUT2D eigenvalue weighted by molar-refractivity contribution is 5.67. The molecule has 0 spiro atoms. The maximum atomic E-state index is 6.06. The van der Waals surface area contributed by atoms with Gasteiger partial charge in [-0.15, -0.1) is 0 Å². The Balaban J connectivity index is 2.90. The van der Waals surface area contributed by atoms with Crippen molar-refractivity contribution in [1.29, 1.82) is 0 Å². The van der Waals surface area contributed by atoms with Crippen LogP contribution >= 0.6 is 0 Å². The van der Waals surface area contributed by atoms with Gasteiger partial charge in [-0.2, -0.15) is 4.98 Å². The standard InChI is InChI=1S/C15H29N5O/c1-7-20(8-2)10-9-17-12-11(16)13(21-6)19-14(18-12)15(3,4)5/h7-10,16H2,1-6H3,(H,17,18,19). The molecule has 6 heteroatoms. The summed E-state index contributed by atoms with van der Waals surface area (Å²) in [4.78, 5) is 11.3. The highest BCUT2D eigenvalue weighted by Crippen LogP contribution is 2.29. The maximum Gasteiger partial charge on any atom is 0.242 e. The maximum absolute atomic E-state index is 6.06.